The minimum atomic E-state index is -2.10. The molecule has 196 valence electrons. The minimum absolute atomic E-state index is 0.00220. The topological polar surface area (TPSA) is 65.1 Å². The van der Waals surface area contributed by atoms with Gasteiger partial charge in [-0.25, -0.2) is 14.1 Å². The lowest BCUT2D eigenvalue weighted by molar-refractivity contribution is -0.129. The number of hydrogen-bond donors (Lipinski definition) is 0. The predicted octanol–water partition coefficient (Wildman–Crippen LogP) is 7.26. The Morgan fingerprint density at radius 3 is 2.25 bits per heavy atom. The highest BCUT2D eigenvalue weighted by molar-refractivity contribution is 6.74. The standard InChI is InChI=1S/C28H38FNO5Si/c1-27(2,3)35-26(32)30-21(18-33-36(7,8)28(4,5)6)17-24(25(30)31)19-10-9-11-23(16-19)34-22-14-12-20(29)13-15-22/h9-16,21,24H,17-18H2,1-8H3/t21-,24+/m1/s1. The lowest BCUT2D eigenvalue weighted by Gasteiger charge is -2.37. The van der Waals surface area contributed by atoms with Crippen molar-refractivity contribution in [1.82, 2.24) is 4.90 Å². The second-order valence-electron chi connectivity index (χ2n) is 11.8. The summed E-state index contributed by atoms with van der Waals surface area (Å²) in [6.07, 6.45) is -0.232. The Labute approximate surface area is 214 Å². The number of carbonyl (C=O) groups excluding carboxylic acids is 2. The number of likely N-dealkylation sites (tertiary alicyclic amines) is 1. The molecule has 36 heavy (non-hydrogen) atoms. The average Bonchev–Trinajstić information content (AvgIpc) is 3.08. The maximum atomic E-state index is 13.6. The van der Waals surface area contributed by atoms with Gasteiger partial charge in [0, 0.05) is 0 Å². The van der Waals surface area contributed by atoms with E-state index in [9.17, 15) is 14.0 Å². The van der Waals surface area contributed by atoms with E-state index in [0.717, 1.165) is 5.56 Å². The van der Waals surface area contributed by atoms with Crippen LogP contribution in [-0.2, 0) is 14.0 Å². The van der Waals surface area contributed by atoms with Crippen LogP contribution in [0.5, 0.6) is 11.5 Å². The normalized spacial score (nSPS) is 18.9. The number of imide groups is 1. The minimum Gasteiger partial charge on any atom is -0.457 e. The molecule has 2 aromatic carbocycles. The van der Waals surface area contributed by atoms with Crippen LogP contribution in [0.3, 0.4) is 0 Å². The molecule has 0 aromatic heterocycles. The Bertz CT molecular complexity index is 1090. The van der Waals surface area contributed by atoms with Gasteiger partial charge in [0.25, 0.3) is 0 Å². The van der Waals surface area contributed by atoms with Crippen molar-refractivity contribution in [2.45, 2.75) is 83.7 Å². The molecule has 0 saturated carbocycles. The lowest BCUT2D eigenvalue weighted by Crippen LogP contribution is -2.48. The number of rotatable bonds is 6. The zero-order valence-corrected chi connectivity index (χ0v) is 23.6. The van der Waals surface area contributed by atoms with E-state index in [0.29, 0.717) is 17.9 Å². The summed E-state index contributed by atoms with van der Waals surface area (Å²) in [6.45, 7) is 16.4. The van der Waals surface area contributed by atoms with Crippen LogP contribution in [-0.4, -0.2) is 43.5 Å². The van der Waals surface area contributed by atoms with Crippen molar-refractivity contribution in [1.29, 1.82) is 0 Å². The molecule has 1 aliphatic heterocycles. The van der Waals surface area contributed by atoms with Gasteiger partial charge in [0.2, 0.25) is 5.91 Å². The Hall–Kier alpha value is -2.71. The van der Waals surface area contributed by atoms with Crippen LogP contribution < -0.4 is 4.74 Å². The molecule has 1 fully saturated rings. The third kappa shape index (κ3) is 6.73. The molecular formula is C28H38FNO5Si. The third-order valence-corrected chi connectivity index (χ3v) is 11.3. The first kappa shape index (κ1) is 27.9. The Kier molecular flexibility index (Phi) is 8.00. The molecule has 0 N–H and O–H groups in total. The lowest BCUT2D eigenvalue weighted by atomic mass is 9.96. The van der Waals surface area contributed by atoms with E-state index in [1.807, 2.05) is 6.07 Å². The van der Waals surface area contributed by atoms with E-state index in [4.69, 9.17) is 13.9 Å². The highest BCUT2D eigenvalue weighted by Gasteiger charge is 2.47. The molecule has 0 aliphatic carbocycles. The number of amides is 2. The maximum Gasteiger partial charge on any atom is 0.417 e. The smallest absolute Gasteiger partial charge is 0.417 e. The van der Waals surface area contributed by atoms with Gasteiger partial charge in [-0.05, 0) is 87.3 Å². The van der Waals surface area contributed by atoms with Crippen LogP contribution >= 0.6 is 0 Å². The first-order valence-corrected chi connectivity index (χ1v) is 15.2. The quantitative estimate of drug-likeness (QED) is 0.379. The van der Waals surface area contributed by atoms with Gasteiger partial charge in [-0.15, -0.1) is 0 Å². The summed E-state index contributed by atoms with van der Waals surface area (Å²) >= 11 is 0. The molecule has 0 unspecified atom stereocenters. The largest absolute Gasteiger partial charge is 0.457 e. The van der Waals surface area contributed by atoms with Gasteiger partial charge in [0.15, 0.2) is 8.32 Å². The van der Waals surface area contributed by atoms with Gasteiger partial charge < -0.3 is 13.9 Å². The summed E-state index contributed by atoms with van der Waals surface area (Å²) in [5, 5.41) is -0.00220. The maximum absolute atomic E-state index is 13.6. The van der Waals surface area contributed by atoms with Crippen molar-refractivity contribution >= 4 is 20.3 Å². The molecule has 1 aliphatic rings. The first-order valence-electron chi connectivity index (χ1n) is 12.3. The molecule has 1 heterocycles. The van der Waals surface area contributed by atoms with Crippen LogP contribution in [0.15, 0.2) is 48.5 Å². The summed E-state index contributed by atoms with van der Waals surface area (Å²) in [5.41, 5.74) is 0.00595. The molecule has 2 amide bonds. The van der Waals surface area contributed by atoms with Crippen LogP contribution in [0.25, 0.3) is 0 Å². The Morgan fingerprint density at radius 1 is 1.03 bits per heavy atom. The summed E-state index contributed by atoms with van der Waals surface area (Å²) in [5.74, 6) is -0.186. The van der Waals surface area contributed by atoms with Gasteiger partial charge in [0.05, 0.1) is 18.6 Å². The fourth-order valence-corrected chi connectivity index (χ4v) is 4.79. The van der Waals surface area contributed by atoms with Crippen molar-refractivity contribution < 1.29 is 27.9 Å². The molecule has 0 spiro atoms. The van der Waals surface area contributed by atoms with Crippen molar-refractivity contribution in [2.75, 3.05) is 6.61 Å². The number of ether oxygens (including phenoxy) is 2. The number of benzene rings is 2. The summed E-state index contributed by atoms with van der Waals surface area (Å²) in [7, 11) is -2.10. The Balaban J connectivity index is 1.85. The molecule has 3 rings (SSSR count). The average molecular weight is 516 g/mol. The second kappa shape index (κ2) is 10.3. The van der Waals surface area contributed by atoms with Crippen molar-refractivity contribution in [3.05, 3.63) is 59.9 Å². The summed E-state index contributed by atoms with van der Waals surface area (Å²) in [6, 6.07) is 12.5. The van der Waals surface area contributed by atoms with Gasteiger partial charge in [-0.2, -0.15) is 0 Å². The van der Waals surface area contributed by atoms with E-state index in [1.165, 1.54) is 17.0 Å². The number of halogens is 1. The van der Waals surface area contributed by atoms with E-state index < -0.39 is 32.0 Å². The number of nitrogens with zero attached hydrogens (tertiary/aromatic N) is 1. The van der Waals surface area contributed by atoms with Gasteiger partial charge in [0.1, 0.15) is 22.9 Å². The molecule has 6 nitrogen and oxygen atoms in total. The van der Waals surface area contributed by atoms with Gasteiger partial charge >= 0.3 is 6.09 Å². The highest BCUT2D eigenvalue weighted by atomic mass is 28.4. The van der Waals surface area contributed by atoms with Crippen molar-refractivity contribution in [3.8, 4) is 11.5 Å². The van der Waals surface area contributed by atoms with E-state index in [2.05, 4.69) is 33.9 Å². The van der Waals surface area contributed by atoms with Crippen LogP contribution in [0.2, 0.25) is 18.1 Å². The van der Waals surface area contributed by atoms with Crippen LogP contribution in [0.1, 0.15) is 59.4 Å². The molecule has 2 atom stereocenters. The monoisotopic (exact) mass is 515 g/mol. The number of carbonyl (C=O) groups is 2. The molecule has 0 radical (unpaired) electrons. The third-order valence-electron chi connectivity index (χ3n) is 6.75. The number of hydrogen-bond acceptors (Lipinski definition) is 5. The second-order valence-corrected chi connectivity index (χ2v) is 16.6. The molecule has 0 bridgehead atoms. The molecule has 1 saturated heterocycles. The van der Waals surface area contributed by atoms with Crippen LogP contribution in [0, 0.1) is 5.82 Å². The highest BCUT2D eigenvalue weighted by Crippen LogP contribution is 2.40. The first-order chi connectivity index (χ1) is 16.6. The van der Waals surface area contributed by atoms with Gasteiger partial charge in [-0.1, -0.05) is 32.9 Å². The zero-order chi connectivity index (χ0) is 26.9. The molecule has 8 heteroatoms. The van der Waals surface area contributed by atoms with Gasteiger partial charge in [-0.3, -0.25) is 4.79 Å². The van der Waals surface area contributed by atoms with Crippen molar-refractivity contribution in [3.63, 3.8) is 0 Å². The Morgan fingerprint density at radius 2 is 1.67 bits per heavy atom. The summed E-state index contributed by atoms with van der Waals surface area (Å²) < 4.78 is 31.1. The predicted molar refractivity (Wildman–Crippen MR) is 140 cm³/mol. The zero-order valence-electron chi connectivity index (χ0n) is 22.6. The summed E-state index contributed by atoms with van der Waals surface area (Å²) in [4.78, 5) is 27.9. The van der Waals surface area contributed by atoms with Crippen LogP contribution in [0.4, 0.5) is 9.18 Å². The fourth-order valence-electron chi connectivity index (χ4n) is 3.75. The molecular weight excluding hydrogens is 477 g/mol. The van der Waals surface area contributed by atoms with E-state index in [1.54, 1.807) is 51.1 Å². The SMILES string of the molecule is CC(C)(C)OC(=O)N1C(=O)[C@H](c2cccc(Oc3ccc(F)cc3)c2)C[C@@H]1CO[Si](C)(C)C(C)(C)C. The van der Waals surface area contributed by atoms with E-state index >= 15 is 0 Å². The van der Waals surface area contributed by atoms with E-state index in [-0.39, 0.29) is 23.4 Å². The fraction of sp³-hybridized carbons (Fsp3) is 0.500. The molecule has 2 aromatic rings. The van der Waals surface area contributed by atoms with Crippen molar-refractivity contribution in [2.24, 2.45) is 0 Å².